The van der Waals surface area contributed by atoms with Crippen LogP contribution in [0.5, 0.6) is 0 Å². The molecule has 0 bridgehead atoms. The summed E-state index contributed by atoms with van der Waals surface area (Å²) in [6.07, 6.45) is 1.84. The fourth-order valence-corrected chi connectivity index (χ4v) is 3.22. The van der Waals surface area contributed by atoms with Crippen LogP contribution in [0.15, 0.2) is 57.7 Å². The van der Waals surface area contributed by atoms with E-state index >= 15 is 0 Å². The Balaban J connectivity index is 1.92. The lowest BCUT2D eigenvalue weighted by atomic mass is 10.2. The maximum absolute atomic E-state index is 11.8. The van der Waals surface area contributed by atoms with E-state index in [0.717, 1.165) is 17.1 Å². The third kappa shape index (κ3) is 2.73. The van der Waals surface area contributed by atoms with Crippen molar-refractivity contribution >= 4 is 29.3 Å². The Morgan fingerprint density at radius 1 is 1.38 bits per heavy atom. The van der Waals surface area contributed by atoms with Crippen LogP contribution in [-0.2, 0) is 4.79 Å². The Morgan fingerprint density at radius 2 is 2.14 bits per heavy atom. The van der Waals surface area contributed by atoms with Crippen LogP contribution < -0.4 is 21.7 Å². The summed E-state index contributed by atoms with van der Waals surface area (Å²) in [5.74, 6) is 0.973. The number of rotatable bonds is 3. The van der Waals surface area contributed by atoms with Gasteiger partial charge in [0.05, 0.1) is 4.91 Å². The Bertz CT molecular complexity index is 665. The van der Waals surface area contributed by atoms with E-state index in [1.165, 1.54) is 11.8 Å². The molecule has 0 spiro atoms. The molecule has 7 heteroatoms. The second-order valence-electron chi connectivity index (χ2n) is 4.52. The molecule has 5 N–H and O–H groups in total. The first kappa shape index (κ1) is 13.6. The molecule has 0 aliphatic carbocycles. The normalized spacial score (nSPS) is 20.1. The molecule has 1 aromatic carbocycles. The van der Waals surface area contributed by atoms with Gasteiger partial charge in [-0.1, -0.05) is 30.0 Å². The lowest BCUT2D eigenvalue weighted by Gasteiger charge is -2.22. The van der Waals surface area contributed by atoms with Gasteiger partial charge in [0, 0.05) is 18.3 Å². The standard InChI is InChI=1S/C14H15N5OS/c1-16-12(20)10-7-9-11(17-8-5-3-2-4-6-8)18-14(15)19-13(9)21-10/h2-7,13,17H,1H3,(H,16,20)(H3,15,18,19). The molecule has 1 atom stereocenters. The average molecular weight is 301 g/mol. The molecule has 2 heterocycles. The second kappa shape index (κ2) is 5.53. The van der Waals surface area contributed by atoms with E-state index < -0.39 is 0 Å². The van der Waals surface area contributed by atoms with E-state index in [1.54, 1.807) is 7.05 Å². The van der Waals surface area contributed by atoms with Crippen LogP contribution >= 0.6 is 11.8 Å². The predicted molar refractivity (Wildman–Crippen MR) is 85.4 cm³/mol. The maximum atomic E-state index is 11.8. The number of carbonyl (C=O) groups is 1. The van der Waals surface area contributed by atoms with Gasteiger partial charge >= 0.3 is 0 Å². The minimum Gasteiger partial charge on any atom is -0.370 e. The quantitative estimate of drug-likeness (QED) is 0.667. The summed E-state index contributed by atoms with van der Waals surface area (Å²) in [6, 6.07) is 9.75. The molecular weight excluding hydrogens is 286 g/mol. The summed E-state index contributed by atoms with van der Waals surface area (Å²) >= 11 is 1.39. The van der Waals surface area contributed by atoms with Gasteiger partial charge in [-0.3, -0.25) is 4.79 Å². The van der Waals surface area contributed by atoms with Gasteiger partial charge in [-0.15, -0.1) is 0 Å². The van der Waals surface area contributed by atoms with Crippen molar-refractivity contribution in [3.63, 3.8) is 0 Å². The summed E-state index contributed by atoms with van der Waals surface area (Å²) in [4.78, 5) is 16.7. The number of fused-ring (bicyclic) bond motifs is 1. The monoisotopic (exact) mass is 301 g/mol. The van der Waals surface area contributed by atoms with Crippen molar-refractivity contribution in [1.82, 2.24) is 10.6 Å². The van der Waals surface area contributed by atoms with Gasteiger partial charge < -0.3 is 21.7 Å². The Labute approximate surface area is 126 Å². The van der Waals surface area contributed by atoms with Crippen LogP contribution in [0.2, 0.25) is 0 Å². The van der Waals surface area contributed by atoms with E-state index in [4.69, 9.17) is 5.73 Å². The first-order valence-corrected chi connectivity index (χ1v) is 7.32. The van der Waals surface area contributed by atoms with Crippen molar-refractivity contribution in [2.45, 2.75) is 5.37 Å². The molecule has 0 aromatic heterocycles. The largest absolute Gasteiger partial charge is 0.370 e. The average Bonchev–Trinajstić information content (AvgIpc) is 2.91. The SMILES string of the molecule is CNC(=O)C1=CC2=C(Nc3ccccc3)NC(N)=NC2S1. The van der Waals surface area contributed by atoms with Crippen molar-refractivity contribution < 1.29 is 4.79 Å². The van der Waals surface area contributed by atoms with E-state index in [1.807, 2.05) is 36.4 Å². The Kier molecular flexibility index (Phi) is 3.57. The molecule has 108 valence electrons. The summed E-state index contributed by atoms with van der Waals surface area (Å²) in [5, 5.41) is 8.73. The van der Waals surface area contributed by atoms with Crippen LogP contribution in [0, 0.1) is 0 Å². The number of para-hydroxylation sites is 1. The third-order valence-corrected chi connectivity index (χ3v) is 4.22. The molecule has 3 rings (SSSR count). The number of nitrogens with two attached hydrogens (primary N) is 1. The topological polar surface area (TPSA) is 91.5 Å². The molecule has 21 heavy (non-hydrogen) atoms. The molecule has 2 aliphatic rings. The van der Waals surface area contributed by atoms with Gasteiger partial charge in [0.25, 0.3) is 5.91 Å². The molecule has 1 aromatic rings. The lowest BCUT2D eigenvalue weighted by Crippen LogP contribution is -2.39. The highest BCUT2D eigenvalue weighted by atomic mass is 32.2. The van der Waals surface area contributed by atoms with Crippen molar-refractivity contribution in [3.05, 3.63) is 52.7 Å². The van der Waals surface area contributed by atoms with Gasteiger partial charge in [-0.2, -0.15) is 0 Å². The number of thioether (sulfide) groups is 1. The highest BCUT2D eigenvalue weighted by Crippen LogP contribution is 2.39. The number of nitrogens with one attached hydrogen (secondary N) is 3. The van der Waals surface area contributed by atoms with Gasteiger partial charge in [0.1, 0.15) is 11.2 Å². The van der Waals surface area contributed by atoms with Crippen LogP contribution in [-0.4, -0.2) is 24.3 Å². The number of nitrogens with zero attached hydrogens (tertiary/aromatic N) is 1. The molecule has 0 saturated heterocycles. The summed E-state index contributed by atoms with van der Waals surface area (Å²) < 4.78 is 0. The van der Waals surface area contributed by atoms with Crippen molar-refractivity contribution in [1.29, 1.82) is 0 Å². The summed E-state index contributed by atoms with van der Waals surface area (Å²) in [5.41, 5.74) is 7.67. The van der Waals surface area contributed by atoms with E-state index in [2.05, 4.69) is 20.9 Å². The third-order valence-electron chi connectivity index (χ3n) is 3.08. The zero-order valence-electron chi connectivity index (χ0n) is 11.4. The molecule has 0 fully saturated rings. The van der Waals surface area contributed by atoms with Gasteiger partial charge in [-0.05, 0) is 18.2 Å². The number of amides is 1. The van der Waals surface area contributed by atoms with E-state index in [9.17, 15) is 4.79 Å². The zero-order chi connectivity index (χ0) is 14.8. The highest BCUT2D eigenvalue weighted by molar-refractivity contribution is 8.05. The van der Waals surface area contributed by atoms with Gasteiger partial charge in [0.15, 0.2) is 5.96 Å². The molecule has 0 saturated carbocycles. The number of aliphatic imine (C=N–C) groups is 1. The number of anilines is 1. The van der Waals surface area contributed by atoms with Gasteiger partial charge in [-0.25, -0.2) is 4.99 Å². The smallest absolute Gasteiger partial charge is 0.257 e. The number of likely N-dealkylation sites (N-methyl/N-ethyl adjacent to an activating group) is 1. The first-order chi connectivity index (χ1) is 10.2. The Hall–Kier alpha value is -2.41. The fourth-order valence-electron chi connectivity index (χ4n) is 2.09. The molecule has 1 amide bonds. The maximum Gasteiger partial charge on any atom is 0.257 e. The van der Waals surface area contributed by atoms with Crippen molar-refractivity contribution in [3.8, 4) is 0 Å². The second-order valence-corrected chi connectivity index (χ2v) is 5.64. The summed E-state index contributed by atoms with van der Waals surface area (Å²) in [7, 11) is 1.61. The first-order valence-electron chi connectivity index (χ1n) is 6.44. The molecular formula is C14H15N5OS. The van der Waals surface area contributed by atoms with E-state index in [-0.39, 0.29) is 11.3 Å². The van der Waals surface area contributed by atoms with Crippen LogP contribution in [0.3, 0.4) is 0 Å². The number of carbonyl (C=O) groups excluding carboxylic acids is 1. The number of guanidine groups is 1. The van der Waals surface area contributed by atoms with Crippen LogP contribution in [0.4, 0.5) is 5.69 Å². The predicted octanol–water partition coefficient (Wildman–Crippen LogP) is 0.931. The number of benzene rings is 1. The fraction of sp³-hybridized carbons (Fsp3) is 0.143. The molecule has 6 nitrogen and oxygen atoms in total. The Morgan fingerprint density at radius 3 is 2.86 bits per heavy atom. The molecule has 2 aliphatic heterocycles. The van der Waals surface area contributed by atoms with E-state index in [0.29, 0.717) is 10.9 Å². The van der Waals surface area contributed by atoms with Crippen molar-refractivity contribution in [2.75, 3.05) is 12.4 Å². The van der Waals surface area contributed by atoms with Crippen LogP contribution in [0.1, 0.15) is 0 Å². The minimum absolute atomic E-state index is 0.116. The van der Waals surface area contributed by atoms with Crippen LogP contribution in [0.25, 0.3) is 0 Å². The molecule has 1 unspecified atom stereocenters. The number of hydrogen-bond acceptors (Lipinski definition) is 6. The minimum atomic E-state index is -0.190. The zero-order valence-corrected chi connectivity index (χ0v) is 12.2. The van der Waals surface area contributed by atoms with Crippen molar-refractivity contribution in [2.24, 2.45) is 10.7 Å². The molecule has 0 radical (unpaired) electrons. The number of hydrogen-bond donors (Lipinski definition) is 4. The van der Waals surface area contributed by atoms with Gasteiger partial charge in [0.2, 0.25) is 0 Å². The highest BCUT2D eigenvalue weighted by Gasteiger charge is 2.31. The lowest BCUT2D eigenvalue weighted by molar-refractivity contribution is -0.116. The summed E-state index contributed by atoms with van der Waals surface area (Å²) in [6.45, 7) is 0.